The molecule has 1 unspecified atom stereocenters. The van der Waals surface area contributed by atoms with Crippen molar-refractivity contribution in [1.29, 1.82) is 0 Å². The first-order chi connectivity index (χ1) is 9.32. The van der Waals surface area contributed by atoms with Gasteiger partial charge in [-0.2, -0.15) is 0 Å². The Hall–Kier alpha value is -2.18. The molecule has 0 fully saturated rings. The quantitative estimate of drug-likeness (QED) is 0.778. The number of carboxylic acid groups (broad SMARTS) is 1. The van der Waals surface area contributed by atoms with Gasteiger partial charge in [0, 0.05) is 6.54 Å². The smallest absolute Gasteiger partial charge is 0.319 e. The van der Waals surface area contributed by atoms with Crippen molar-refractivity contribution in [3.05, 3.63) is 29.8 Å². The van der Waals surface area contributed by atoms with Gasteiger partial charge >= 0.3 is 12.0 Å². The van der Waals surface area contributed by atoms with Gasteiger partial charge in [-0.05, 0) is 18.1 Å². The third kappa shape index (κ3) is 4.18. The van der Waals surface area contributed by atoms with Crippen molar-refractivity contribution < 1.29 is 23.5 Å². The van der Waals surface area contributed by atoms with Crippen LogP contribution in [0.5, 0.6) is 0 Å². The maximum atomic E-state index is 13.3. The first-order valence-electron chi connectivity index (χ1n) is 6.04. The molecular weight excluding hydrogens is 270 g/mol. The highest BCUT2D eigenvalue weighted by atomic mass is 19.2. The number of anilines is 1. The van der Waals surface area contributed by atoms with E-state index in [4.69, 9.17) is 5.11 Å². The van der Waals surface area contributed by atoms with E-state index in [0.29, 0.717) is 0 Å². The van der Waals surface area contributed by atoms with Gasteiger partial charge in [0.25, 0.3) is 0 Å². The van der Waals surface area contributed by atoms with Crippen LogP contribution in [-0.2, 0) is 4.79 Å². The van der Waals surface area contributed by atoms with Crippen molar-refractivity contribution in [1.82, 2.24) is 5.32 Å². The number of carbonyl (C=O) groups is 2. The average Bonchev–Trinajstić information content (AvgIpc) is 2.34. The lowest BCUT2D eigenvalue weighted by atomic mass is 9.96. The Balaban J connectivity index is 2.60. The van der Waals surface area contributed by atoms with E-state index in [-0.39, 0.29) is 18.2 Å². The number of aliphatic carboxylic acids is 1. The predicted molar refractivity (Wildman–Crippen MR) is 69.3 cm³/mol. The van der Waals surface area contributed by atoms with Gasteiger partial charge in [0.15, 0.2) is 11.6 Å². The number of amides is 2. The number of carboxylic acids is 1. The zero-order valence-corrected chi connectivity index (χ0v) is 11.1. The molecule has 0 radical (unpaired) electrons. The van der Waals surface area contributed by atoms with Gasteiger partial charge in [0.1, 0.15) is 0 Å². The van der Waals surface area contributed by atoms with Gasteiger partial charge in [0.05, 0.1) is 11.6 Å². The molecule has 1 aromatic carbocycles. The van der Waals surface area contributed by atoms with Crippen LogP contribution >= 0.6 is 0 Å². The molecule has 1 atom stereocenters. The molecule has 0 bridgehead atoms. The van der Waals surface area contributed by atoms with Crippen molar-refractivity contribution in [2.75, 3.05) is 11.9 Å². The van der Waals surface area contributed by atoms with Crippen molar-refractivity contribution in [3.63, 3.8) is 0 Å². The SMILES string of the molecule is CC(C)C(CNC(=O)Nc1cccc(F)c1F)C(=O)O. The zero-order valence-electron chi connectivity index (χ0n) is 11.1. The number of benzene rings is 1. The van der Waals surface area contributed by atoms with E-state index in [9.17, 15) is 18.4 Å². The van der Waals surface area contributed by atoms with E-state index in [0.717, 1.165) is 6.07 Å². The van der Waals surface area contributed by atoms with Crippen molar-refractivity contribution in [3.8, 4) is 0 Å². The molecule has 0 aliphatic heterocycles. The number of hydrogen-bond donors (Lipinski definition) is 3. The maximum absolute atomic E-state index is 13.3. The molecule has 0 spiro atoms. The van der Waals surface area contributed by atoms with Crippen LogP contribution in [0.25, 0.3) is 0 Å². The normalized spacial score (nSPS) is 12.1. The molecule has 0 aliphatic rings. The summed E-state index contributed by atoms with van der Waals surface area (Å²) < 4.78 is 26.2. The average molecular weight is 286 g/mol. The summed E-state index contributed by atoms with van der Waals surface area (Å²) in [7, 11) is 0. The minimum absolute atomic E-state index is 0.101. The monoisotopic (exact) mass is 286 g/mol. The molecule has 5 nitrogen and oxygen atoms in total. The van der Waals surface area contributed by atoms with Crippen LogP contribution in [0.4, 0.5) is 19.3 Å². The van der Waals surface area contributed by atoms with Crippen molar-refractivity contribution >= 4 is 17.7 Å². The van der Waals surface area contributed by atoms with Crippen LogP contribution in [0.15, 0.2) is 18.2 Å². The summed E-state index contributed by atoms with van der Waals surface area (Å²) in [6.45, 7) is 3.32. The van der Waals surface area contributed by atoms with E-state index in [1.54, 1.807) is 13.8 Å². The molecule has 0 saturated carbocycles. The molecule has 1 aromatic rings. The second-order valence-electron chi connectivity index (χ2n) is 4.63. The molecule has 1 rings (SSSR count). The molecule has 2 amide bonds. The lowest BCUT2D eigenvalue weighted by Crippen LogP contribution is -2.38. The number of carbonyl (C=O) groups excluding carboxylic acids is 1. The Labute approximate surface area is 115 Å². The molecule has 7 heteroatoms. The number of rotatable bonds is 5. The molecule has 0 heterocycles. The lowest BCUT2D eigenvalue weighted by Gasteiger charge is -2.17. The van der Waals surface area contributed by atoms with Crippen LogP contribution in [0, 0.1) is 23.5 Å². The fraction of sp³-hybridized carbons (Fsp3) is 0.385. The fourth-order valence-corrected chi connectivity index (χ4v) is 1.58. The van der Waals surface area contributed by atoms with Crippen LogP contribution in [0.1, 0.15) is 13.8 Å². The third-order valence-electron chi connectivity index (χ3n) is 2.80. The Bertz CT molecular complexity index is 506. The Kier molecular flexibility index (Phi) is 5.42. The third-order valence-corrected chi connectivity index (χ3v) is 2.80. The second kappa shape index (κ2) is 6.83. The Morgan fingerprint density at radius 3 is 2.50 bits per heavy atom. The lowest BCUT2D eigenvalue weighted by molar-refractivity contribution is -0.142. The molecule has 0 aliphatic carbocycles. The van der Waals surface area contributed by atoms with Crippen molar-refractivity contribution in [2.45, 2.75) is 13.8 Å². The molecule has 0 aromatic heterocycles. The first-order valence-corrected chi connectivity index (χ1v) is 6.04. The Morgan fingerprint density at radius 2 is 1.95 bits per heavy atom. The largest absolute Gasteiger partial charge is 0.481 e. The maximum Gasteiger partial charge on any atom is 0.319 e. The second-order valence-corrected chi connectivity index (χ2v) is 4.63. The number of hydrogen-bond acceptors (Lipinski definition) is 2. The molecular formula is C13H16F2N2O3. The fourth-order valence-electron chi connectivity index (χ4n) is 1.58. The van der Waals surface area contributed by atoms with Crippen LogP contribution < -0.4 is 10.6 Å². The first kappa shape index (κ1) is 15.9. The molecule has 0 saturated heterocycles. The van der Waals surface area contributed by atoms with Gasteiger partial charge in [-0.25, -0.2) is 13.6 Å². The van der Waals surface area contributed by atoms with Gasteiger partial charge in [-0.15, -0.1) is 0 Å². The van der Waals surface area contributed by atoms with E-state index in [1.165, 1.54) is 12.1 Å². The standard InChI is InChI=1S/C13H16F2N2O3/c1-7(2)8(12(18)19)6-16-13(20)17-10-5-3-4-9(14)11(10)15/h3-5,7-8H,6H2,1-2H3,(H,18,19)(H2,16,17,20). The van der Waals surface area contributed by atoms with Crippen LogP contribution in [-0.4, -0.2) is 23.7 Å². The molecule has 3 N–H and O–H groups in total. The summed E-state index contributed by atoms with van der Waals surface area (Å²) >= 11 is 0. The van der Waals surface area contributed by atoms with Crippen LogP contribution in [0.2, 0.25) is 0 Å². The van der Waals surface area contributed by atoms with Gasteiger partial charge in [-0.3, -0.25) is 4.79 Å². The zero-order chi connectivity index (χ0) is 15.3. The summed E-state index contributed by atoms with van der Waals surface area (Å²) in [4.78, 5) is 22.5. The minimum atomic E-state index is -1.17. The number of nitrogens with one attached hydrogen (secondary N) is 2. The summed E-state index contributed by atoms with van der Waals surface area (Å²) in [5.41, 5.74) is -0.307. The molecule has 110 valence electrons. The van der Waals surface area contributed by atoms with E-state index < -0.39 is 29.6 Å². The summed E-state index contributed by atoms with van der Waals surface area (Å²) in [6.07, 6.45) is 0. The Morgan fingerprint density at radius 1 is 1.30 bits per heavy atom. The highest BCUT2D eigenvalue weighted by molar-refractivity contribution is 5.89. The number of halogens is 2. The van der Waals surface area contributed by atoms with Crippen molar-refractivity contribution in [2.24, 2.45) is 11.8 Å². The number of urea groups is 1. The summed E-state index contributed by atoms with van der Waals surface area (Å²) in [5.74, 6) is -4.19. The summed E-state index contributed by atoms with van der Waals surface area (Å²) in [6, 6.07) is 2.59. The van der Waals surface area contributed by atoms with E-state index in [2.05, 4.69) is 10.6 Å². The predicted octanol–water partition coefficient (Wildman–Crippen LogP) is 2.44. The van der Waals surface area contributed by atoms with E-state index in [1.807, 2.05) is 0 Å². The summed E-state index contributed by atoms with van der Waals surface area (Å²) in [5, 5.41) is 13.4. The highest BCUT2D eigenvalue weighted by Crippen LogP contribution is 2.16. The van der Waals surface area contributed by atoms with Gasteiger partial charge in [-0.1, -0.05) is 19.9 Å². The van der Waals surface area contributed by atoms with Gasteiger partial charge in [0.2, 0.25) is 0 Å². The topological polar surface area (TPSA) is 78.4 Å². The van der Waals surface area contributed by atoms with E-state index >= 15 is 0 Å². The highest BCUT2D eigenvalue weighted by Gasteiger charge is 2.22. The van der Waals surface area contributed by atoms with Crippen LogP contribution in [0.3, 0.4) is 0 Å². The molecule has 20 heavy (non-hydrogen) atoms. The minimum Gasteiger partial charge on any atom is -0.481 e. The van der Waals surface area contributed by atoms with Gasteiger partial charge < -0.3 is 15.7 Å².